The van der Waals surface area contributed by atoms with E-state index in [9.17, 15) is 4.79 Å². The van der Waals surface area contributed by atoms with Crippen molar-refractivity contribution < 1.29 is 4.79 Å². The fourth-order valence-corrected chi connectivity index (χ4v) is 4.85. The zero-order chi connectivity index (χ0) is 20.5. The predicted octanol–water partition coefficient (Wildman–Crippen LogP) is 5.43. The number of carbonyl (C=O) groups excluding carboxylic acids is 1. The second-order valence-electron chi connectivity index (χ2n) is 8.06. The summed E-state index contributed by atoms with van der Waals surface area (Å²) >= 11 is 1.70. The quantitative estimate of drug-likeness (QED) is 0.545. The molecular weight excluding hydrogens is 414 g/mol. The number of aryl methyl sites for hydroxylation is 1. The molecule has 0 atom stereocenters. The summed E-state index contributed by atoms with van der Waals surface area (Å²) in [6.07, 6.45) is 10.1. The fraction of sp³-hybridized carbons (Fsp3) is 0.583. The standard InChI is InChI=1S/C24H35N3OS.ClH/c1-3-5-15-27-22(18-29-24(27)26-21-9-7-6-8-10-21)16-23(28)25-17-20-13-11-19(4-2)12-14-20;/h11-14,18,21H,3-10,15-17H2,1-2H3,(H,25,28);1H. The number of hydrogen-bond acceptors (Lipinski definition) is 3. The van der Waals surface area contributed by atoms with Gasteiger partial charge in [-0.2, -0.15) is 0 Å². The van der Waals surface area contributed by atoms with Crippen molar-refractivity contribution in [1.29, 1.82) is 0 Å². The van der Waals surface area contributed by atoms with Crippen LogP contribution in [0.2, 0.25) is 0 Å². The minimum atomic E-state index is 0. The summed E-state index contributed by atoms with van der Waals surface area (Å²) in [7, 11) is 0. The molecule has 1 aromatic heterocycles. The Morgan fingerprint density at radius 1 is 1.13 bits per heavy atom. The van der Waals surface area contributed by atoms with E-state index in [0.717, 1.165) is 41.9 Å². The van der Waals surface area contributed by atoms with Gasteiger partial charge in [0.15, 0.2) is 4.80 Å². The number of hydrogen-bond donors (Lipinski definition) is 1. The van der Waals surface area contributed by atoms with Crippen LogP contribution in [-0.2, 0) is 30.7 Å². The zero-order valence-electron chi connectivity index (χ0n) is 18.4. The van der Waals surface area contributed by atoms with Gasteiger partial charge in [0, 0.05) is 24.2 Å². The average molecular weight is 450 g/mol. The van der Waals surface area contributed by atoms with Gasteiger partial charge < -0.3 is 9.88 Å². The van der Waals surface area contributed by atoms with Gasteiger partial charge in [-0.1, -0.05) is 63.8 Å². The van der Waals surface area contributed by atoms with E-state index in [1.54, 1.807) is 11.3 Å². The van der Waals surface area contributed by atoms with Gasteiger partial charge in [0.1, 0.15) is 0 Å². The van der Waals surface area contributed by atoms with Gasteiger partial charge in [0.05, 0.1) is 12.5 Å². The second kappa shape index (κ2) is 13.0. The van der Waals surface area contributed by atoms with Gasteiger partial charge >= 0.3 is 0 Å². The Balaban J connectivity index is 0.00000320. The van der Waals surface area contributed by atoms with Crippen molar-refractivity contribution in [2.24, 2.45) is 4.99 Å². The number of aromatic nitrogens is 1. The van der Waals surface area contributed by atoms with E-state index in [4.69, 9.17) is 4.99 Å². The molecule has 1 saturated carbocycles. The van der Waals surface area contributed by atoms with Crippen LogP contribution < -0.4 is 10.1 Å². The number of nitrogens with one attached hydrogen (secondary N) is 1. The summed E-state index contributed by atoms with van der Waals surface area (Å²) in [5.41, 5.74) is 3.56. The van der Waals surface area contributed by atoms with E-state index in [0.29, 0.717) is 19.0 Å². The molecule has 6 heteroatoms. The first kappa shape index (κ1) is 24.7. The normalized spacial score (nSPS) is 15.1. The van der Waals surface area contributed by atoms with Gasteiger partial charge in [-0.25, -0.2) is 0 Å². The minimum Gasteiger partial charge on any atom is -0.352 e. The van der Waals surface area contributed by atoms with Gasteiger partial charge in [0.2, 0.25) is 5.91 Å². The first-order chi connectivity index (χ1) is 14.2. The molecule has 1 N–H and O–H groups in total. The van der Waals surface area contributed by atoms with Crippen molar-refractivity contribution in [2.45, 2.75) is 90.8 Å². The van der Waals surface area contributed by atoms with E-state index < -0.39 is 0 Å². The lowest BCUT2D eigenvalue weighted by Gasteiger charge is -2.17. The van der Waals surface area contributed by atoms with Crippen LogP contribution in [-0.4, -0.2) is 16.5 Å². The first-order valence-corrected chi connectivity index (χ1v) is 12.1. The maximum Gasteiger partial charge on any atom is 0.226 e. The average Bonchev–Trinajstić information content (AvgIpc) is 3.12. The third-order valence-corrected chi connectivity index (χ3v) is 6.67. The highest BCUT2D eigenvalue weighted by molar-refractivity contribution is 7.07. The van der Waals surface area contributed by atoms with Crippen LogP contribution in [0.25, 0.3) is 0 Å². The largest absolute Gasteiger partial charge is 0.352 e. The first-order valence-electron chi connectivity index (χ1n) is 11.2. The molecule has 166 valence electrons. The smallest absolute Gasteiger partial charge is 0.226 e. The number of carbonyl (C=O) groups is 1. The Morgan fingerprint density at radius 3 is 2.50 bits per heavy atom. The Morgan fingerprint density at radius 2 is 1.83 bits per heavy atom. The molecule has 0 unspecified atom stereocenters. The summed E-state index contributed by atoms with van der Waals surface area (Å²) in [6.45, 7) is 5.90. The maximum absolute atomic E-state index is 12.6. The van der Waals surface area contributed by atoms with Crippen molar-refractivity contribution in [3.8, 4) is 0 Å². The molecular formula is C24H36ClN3OS. The molecule has 1 amide bonds. The molecule has 0 radical (unpaired) electrons. The molecule has 4 nitrogen and oxygen atoms in total. The highest BCUT2D eigenvalue weighted by Crippen LogP contribution is 2.20. The molecule has 1 fully saturated rings. The SMILES string of the molecule is CCCCn1c(CC(=O)NCc2ccc(CC)cc2)csc1=NC1CCCCC1.Cl. The molecule has 0 saturated heterocycles. The van der Waals surface area contributed by atoms with Gasteiger partial charge in [0.25, 0.3) is 0 Å². The Kier molecular flexibility index (Phi) is 10.7. The van der Waals surface area contributed by atoms with Crippen LogP contribution in [0, 0.1) is 0 Å². The predicted molar refractivity (Wildman–Crippen MR) is 128 cm³/mol. The number of amides is 1. The molecule has 1 heterocycles. The molecule has 3 rings (SSSR count). The third kappa shape index (κ3) is 7.28. The third-order valence-electron chi connectivity index (χ3n) is 5.74. The molecule has 0 aliphatic heterocycles. The lowest BCUT2D eigenvalue weighted by Crippen LogP contribution is -2.28. The zero-order valence-corrected chi connectivity index (χ0v) is 20.0. The highest BCUT2D eigenvalue weighted by atomic mass is 35.5. The van der Waals surface area contributed by atoms with Crippen molar-refractivity contribution in [3.63, 3.8) is 0 Å². The van der Waals surface area contributed by atoms with Crippen molar-refractivity contribution in [1.82, 2.24) is 9.88 Å². The molecule has 1 aliphatic carbocycles. The summed E-state index contributed by atoms with van der Waals surface area (Å²) in [5.74, 6) is 0.0804. The van der Waals surface area contributed by atoms with Gasteiger partial charge in [-0.15, -0.1) is 23.7 Å². The number of halogens is 1. The lowest BCUT2D eigenvalue weighted by atomic mass is 9.96. The van der Waals surface area contributed by atoms with Crippen LogP contribution in [0.3, 0.4) is 0 Å². The van der Waals surface area contributed by atoms with Crippen LogP contribution >= 0.6 is 23.7 Å². The van der Waals surface area contributed by atoms with E-state index in [2.05, 4.69) is 53.4 Å². The summed E-state index contributed by atoms with van der Waals surface area (Å²) < 4.78 is 2.29. The van der Waals surface area contributed by atoms with Crippen LogP contribution in [0.4, 0.5) is 0 Å². The maximum atomic E-state index is 12.6. The van der Waals surface area contributed by atoms with E-state index in [1.807, 2.05) is 0 Å². The molecule has 0 spiro atoms. The van der Waals surface area contributed by atoms with Crippen LogP contribution in [0.1, 0.15) is 75.6 Å². The van der Waals surface area contributed by atoms with E-state index in [-0.39, 0.29) is 18.3 Å². The molecule has 1 aliphatic rings. The van der Waals surface area contributed by atoms with Crippen molar-refractivity contribution >= 4 is 29.7 Å². The topological polar surface area (TPSA) is 46.4 Å². The number of nitrogens with zero attached hydrogens (tertiary/aromatic N) is 2. The molecule has 2 aromatic rings. The molecule has 0 bridgehead atoms. The van der Waals surface area contributed by atoms with Crippen molar-refractivity contribution in [2.75, 3.05) is 0 Å². The van der Waals surface area contributed by atoms with Gasteiger partial charge in [-0.05, 0) is 36.8 Å². The number of rotatable bonds is 9. The monoisotopic (exact) mass is 449 g/mol. The number of unbranched alkanes of at least 4 members (excludes halogenated alkanes) is 1. The van der Waals surface area contributed by atoms with Crippen LogP contribution in [0.15, 0.2) is 34.6 Å². The second-order valence-corrected chi connectivity index (χ2v) is 8.90. The van der Waals surface area contributed by atoms with Crippen molar-refractivity contribution in [3.05, 3.63) is 51.3 Å². The fourth-order valence-electron chi connectivity index (χ4n) is 3.85. The number of benzene rings is 1. The Labute approximate surface area is 191 Å². The van der Waals surface area contributed by atoms with Crippen LogP contribution in [0.5, 0.6) is 0 Å². The molecule has 1 aromatic carbocycles. The van der Waals surface area contributed by atoms with E-state index in [1.165, 1.54) is 37.7 Å². The summed E-state index contributed by atoms with van der Waals surface area (Å²) in [6, 6.07) is 8.94. The Bertz CT molecular complexity index is 835. The van der Waals surface area contributed by atoms with E-state index >= 15 is 0 Å². The summed E-state index contributed by atoms with van der Waals surface area (Å²) in [4.78, 5) is 18.7. The lowest BCUT2D eigenvalue weighted by molar-refractivity contribution is -0.120. The minimum absolute atomic E-state index is 0. The number of thiazole rings is 1. The Hall–Kier alpha value is -1.59. The molecule has 30 heavy (non-hydrogen) atoms. The summed E-state index contributed by atoms with van der Waals surface area (Å²) in [5, 5.41) is 5.21. The highest BCUT2D eigenvalue weighted by Gasteiger charge is 2.14. The van der Waals surface area contributed by atoms with Gasteiger partial charge in [-0.3, -0.25) is 9.79 Å².